The van der Waals surface area contributed by atoms with Gasteiger partial charge in [0.15, 0.2) is 0 Å². The molecule has 1 atom stereocenters. The zero-order chi connectivity index (χ0) is 30.9. The van der Waals surface area contributed by atoms with Crippen molar-refractivity contribution in [1.82, 2.24) is 10.2 Å². The largest absolute Gasteiger partial charge is 0.492 e. The maximum Gasteiger partial charge on any atom is 0.264 e. The number of carbonyl (C=O) groups excluding carboxylic acids is 2. The van der Waals surface area contributed by atoms with E-state index in [0.717, 1.165) is 19.2 Å². The van der Waals surface area contributed by atoms with Crippen molar-refractivity contribution in [3.8, 4) is 5.75 Å². The predicted molar refractivity (Wildman–Crippen MR) is 172 cm³/mol. The third-order valence-corrected chi connectivity index (χ3v) is 9.46. The standard InChI is InChI=1S/C31H38BrN3O5S2/c1-6-40-29-13-8-7-12-28(29)35(42(38,39)27-16-14-26(41-5)15-17-27)21-30(36)34(20-24-10-9-11-25(32)18-24)23(4)31(37)33-19-22(2)3/h7-18,22-23H,6,19-21H2,1-5H3,(H,33,37)/t23-/m0/s1. The minimum atomic E-state index is -4.21. The molecule has 0 bridgehead atoms. The maximum atomic E-state index is 14.1. The first-order valence-corrected chi connectivity index (χ1v) is 17.1. The van der Waals surface area contributed by atoms with Crippen LogP contribution < -0.4 is 14.4 Å². The summed E-state index contributed by atoms with van der Waals surface area (Å²) in [7, 11) is -4.21. The fourth-order valence-corrected chi connectivity index (χ4v) is 6.48. The van der Waals surface area contributed by atoms with E-state index < -0.39 is 28.5 Å². The number of rotatable bonds is 14. The molecular formula is C31H38BrN3O5S2. The molecule has 42 heavy (non-hydrogen) atoms. The molecule has 0 aliphatic carbocycles. The highest BCUT2D eigenvalue weighted by atomic mass is 79.9. The smallest absolute Gasteiger partial charge is 0.264 e. The second kappa shape index (κ2) is 15.5. The van der Waals surface area contributed by atoms with E-state index in [0.29, 0.717) is 18.9 Å². The highest BCUT2D eigenvalue weighted by molar-refractivity contribution is 9.10. The monoisotopic (exact) mass is 675 g/mol. The summed E-state index contributed by atoms with van der Waals surface area (Å²) in [4.78, 5) is 29.7. The van der Waals surface area contributed by atoms with Crippen LogP contribution in [-0.4, -0.2) is 57.1 Å². The molecule has 1 N–H and O–H groups in total. The number of nitrogens with zero attached hydrogens (tertiary/aromatic N) is 2. The zero-order valence-corrected chi connectivity index (χ0v) is 27.8. The molecule has 2 amide bonds. The van der Waals surface area contributed by atoms with Crippen LogP contribution in [0.3, 0.4) is 0 Å². The lowest BCUT2D eigenvalue weighted by atomic mass is 10.1. The van der Waals surface area contributed by atoms with Crippen molar-refractivity contribution in [3.63, 3.8) is 0 Å². The third kappa shape index (κ3) is 8.75. The Morgan fingerprint density at radius 2 is 1.69 bits per heavy atom. The highest BCUT2D eigenvalue weighted by Crippen LogP contribution is 2.33. The number of anilines is 1. The van der Waals surface area contributed by atoms with Crippen molar-refractivity contribution < 1.29 is 22.7 Å². The molecule has 3 aromatic rings. The van der Waals surface area contributed by atoms with E-state index in [1.807, 2.05) is 44.4 Å². The van der Waals surface area contributed by atoms with Gasteiger partial charge >= 0.3 is 0 Å². The van der Waals surface area contributed by atoms with Crippen LogP contribution in [0.15, 0.2) is 87.1 Å². The van der Waals surface area contributed by atoms with Gasteiger partial charge in [0.2, 0.25) is 11.8 Å². The van der Waals surface area contributed by atoms with Gasteiger partial charge in [-0.25, -0.2) is 8.42 Å². The number of ether oxygens (including phenoxy) is 1. The number of hydrogen-bond donors (Lipinski definition) is 1. The van der Waals surface area contributed by atoms with Crippen molar-refractivity contribution in [2.75, 3.05) is 30.3 Å². The summed E-state index contributed by atoms with van der Waals surface area (Å²) in [6.07, 6.45) is 1.91. The molecule has 0 radical (unpaired) electrons. The summed E-state index contributed by atoms with van der Waals surface area (Å²) in [5.41, 5.74) is 1.03. The van der Waals surface area contributed by atoms with Gasteiger partial charge in [-0.3, -0.25) is 13.9 Å². The van der Waals surface area contributed by atoms with Crippen LogP contribution in [0.4, 0.5) is 5.69 Å². The Morgan fingerprint density at radius 3 is 2.31 bits per heavy atom. The van der Waals surface area contributed by atoms with Crippen LogP contribution in [0.5, 0.6) is 5.75 Å². The van der Waals surface area contributed by atoms with Crippen molar-refractivity contribution in [2.24, 2.45) is 5.92 Å². The summed E-state index contributed by atoms with van der Waals surface area (Å²) in [6.45, 7) is 7.77. The number of benzene rings is 3. The van der Waals surface area contributed by atoms with Crippen LogP contribution in [0.1, 0.15) is 33.3 Å². The first-order valence-electron chi connectivity index (χ1n) is 13.7. The Balaban J connectivity index is 2.07. The molecule has 0 unspecified atom stereocenters. The van der Waals surface area contributed by atoms with Gasteiger partial charge in [0.25, 0.3) is 10.0 Å². The Labute approximate surface area is 262 Å². The molecule has 3 aromatic carbocycles. The Hall–Kier alpha value is -3.02. The van der Waals surface area contributed by atoms with E-state index in [1.165, 1.54) is 28.8 Å². The number of thioether (sulfide) groups is 1. The van der Waals surface area contributed by atoms with Crippen molar-refractivity contribution in [3.05, 3.63) is 82.8 Å². The number of carbonyl (C=O) groups is 2. The first-order chi connectivity index (χ1) is 20.0. The molecular weight excluding hydrogens is 638 g/mol. The van der Waals surface area contributed by atoms with Crippen LogP contribution >= 0.6 is 27.7 Å². The molecule has 8 nitrogen and oxygen atoms in total. The molecule has 0 aromatic heterocycles. The molecule has 226 valence electrons. The van der Waals surface area contributed by atoms with Gasteiger partial charge in [0.1, 0.15) is 18.3 Å². The number of para-hydroxylation sites is 2. The zero-order valence-electron chi connectivity index (χ0n) is 24.5. The average molecular weight is 677 g/mol. The van der Waals surface area contributed by atoms with Gasteiger partial charge < -0.3 is 15.0 Å². The van der Waals surface area contributed by atoms with Gasteiger partial charge in [-0.05, 0) is 80.1 Å². The molecule has 0 aliphatic rings. The second-order valence-corrected chi connectivity index (χ2v) is 13.7. The topological polar surface area (TPSA) is 96.0 Å². The van der Waals surface area contributed by atoms with E-state index in [4.69, 9.17) is 4.74 Å². The quantitative estimate of drug-likeness (QED) is 0.212. The van der Waals surface area contributed by atoms with Crippen LogP contribution in [0.2, 0.25) is 0 Å². The van der Waals surface area contributed by atoms with Crippen molar-refractivity contribution >= 4 is 55.2 Å². The van der Waals surface area contributed by atoms with Crippen LogP contribution in [-0.2, 0) is 26.2 Å². The fourth-order valence-electron chi connectivity index (χ4n) is 4.20. The predicted octanol–water partition coefficient (Wildman–Crippen LogP) is 5.95. The normalized spacial score (nSPS) is 12.1. The minimum absolute atomic E-state index is 0.0423. The highest BCUT2D eigenvalue weighted by Gasteiger charge is 2.33. The maximum absolute atomic E-state index is 14.1. The van der Waals surface area contributed by atoms with Gasteiger partial charge in [0, 0.05) is 22.5 Å². The lowest BCUT2D eigenvalue weighted by molar-refractivity contribution is -0.139. The lowest BCUT2D eigenvalue weighted by Gasteiger charge is -2.32. The fraction of sp³-hybridized carbons (Fsp3) is 0.355. The van der Waals surface area contributed by atoms with Crippen molar-refractivity contribution in [1.29, 1.82) is 0 Å². The summed E-state index contributed by atoms with van der Waals surface area (Å²) in [6, 6.07) is 19.8. The molecule has 0 spiro atoms. The van der Waals surface area contributed by atoms with Gasteiger partial charge in [0.05, 0.1) is 17.2 Å². The summed E-state index contributed by atoms with van der Waals surface area (Å²) >= 11 is 4.97. The minimum Gasteiger partial charge on any atom is -0.492 e. The summed E-state index contributed by atoms with van der Waals surface area (Å²) in [5, 5.41) is 2.90. The second-order valence-electron chi connectivity index (χ2n) is 10.1. The Kier molecular flexibility index (Phi) is 12.3. The molecule has 0 heterocycles. The molecule has 0 fully saturated rings. The first kappa shape index (κ1) is 33.5. The van der Waals surface area contributed by atoms with E-state index in [1.54, 1.807) is 50.2 Å². The van der Waals surface area contributed by atoms with E-state index in [-0.39, 0.29) is 29.0 Å². The van der Waals surface area contributed by atoms with Crippen molar-refractivity contribution in [2.45, 2.75) is 50.1 Å². The lowest BCUT2D eigenvalue weighted by Crippen LogP contribution is -2.51. The molecule has 0 saturated carbocycles. The SMILES string of the molecule is CCOc1ccccc1N(CC(=O)N(Cc1cccc(Br)c1)[C@@H](C)C(=O)NCC(C)C)S(=O)(=O)c1ccc(SC)cc1. The summed E-state index contributed by atoms with van der Waals surface area (Å²) in [5.74, 6) is -0.288. The van der Waals surface area contributed by atoms with Crippen LogP contribution in [0, 0.1) is 5.92 Å². The van der Waals surface area contributed by atoms with E-state index in [2.05, 4.69) is 21.2 Å². The number of amides is 2. The summed E-state index contributed by atoms with van der Waals surface area (Å²) < 4.78 is 35.9. The average Bonchev–Trinajstić information content (AvgIpc) is 2.97. The number of halogens is 1. The Morgan fingerprint density at radius 1 is 1.00 bits per heavy atom. The molecule has 3 rings (SSSR count). The van der Waals surface area contributed by atoms with E-state index >= 15 is 0 Å². The Bertz CT molecular complexity index is 1470. The molecule has 0 aliphatic heterocycles. The molecule has 0 saturated heterocycles. The number of nitrogens with one attached hydrogen (secondary N) is 1. The van der Waals surface area contributed by atoms with E-state index in [9.17, 15) is 18.0 Å². The van der Waals surface area contributed by atoms with Gasteiger partial charge in [-0.2, -0.15) is 0 Å². The third-order valence-electron chi connectivity index (χ3n) is 6.45. The molecule has 11 heteroatoms. The van der Waals surface area contributed by atoms with Gasteiger partial charge in [-0.15, -0.1) is 11.8 Å². The number of hydrogen-bond acceptors (Lipinski definition) is 6. The van der Waals surface area contributed by atoms with Crippen LogP contribution in [0.25, 0.3) is 0 Å². The van der Waals surface area contributed by atoms with Gasteiger partial charge in [-0.1, -0.05) is 54.0 Å². The number of sulfonamides is 1.